The number of aryl methyl sites for hydroxylation is 1. The van der Waals surface area contributed by atoms with Gasteiger partial charge in [0.1, 0.15) is 6.33 Å². The molecule has 0 aliphatic rings. The van der Waals surface area contributed by atoms with Gasteiger partial charge in [-0.3, -0.25) is 4.79 Å². The molecule has 0 unspecified atom stereocenters. The van der Waals surface area contributed by atoms with Gasteiger partial charge in [-0.15, -0.1) is 0 Å². The second-order valence-corrected chi connectivity index (χ2v) is 8.07. The molecule has 0 aliphatic heterocycles. The Bertz CT molecular complexity index is 1370. The maximum Gasteiger partial charge on any atom is 0.416 e. The lowest BCUT2D eigenvalue weighted by atomic mass is 10.0. The van der Waals surface area contributed by atoms with Crippen molar-refractivity contribution in [1.29, 1.82) is 0 Å². The van der Waals surface area contributed by atoms with Gasteiger partial charge in [0.25, 0.3) is 5.91 Å². The number of anilines is 3. The first-order chi connectivity index (χ1) is 16.7. The van der Waals surface area contributed by atoms with Crippen LogP contribution in [-0.4, -0.2) is 25.8 Å². The van der Waals surface area contributed by atoms with Gasteiger partial charge < -0.3 is 10.6 Å². The van der Waals surface area contributed by atoms with E-state index in [-0.39, 0.29) is 16.5 Å². The Kier molecular flexibility index (Phi) is 7.06. The Labute approximate surface area is 207 Å². The Morgan fingerprint density at radius 1 is 1.06 bits per heavy atom. The summed E-state index contributed by atoms with van der Waals surface area (Å²) >= 11 is 3.05. The number of amides is 1. The van der Waals surface area contributed by atoms with Crippen molar-refractivity contribution in [3.8, 4) is 11.3 Å². The molecular formula is C24H18BrF3N6O. The zero-order valence-electron chi connectivity index (χ0n) is 18.3. The standard InChI is InChI=1S/C24H18BrF3N6O/c1-14-2-5-18(32-22(35)15-3-4-16(10-25)19(8-15)24(26,27)28)9-21(14)34-23-31-7-6-20(33-23)17-11-29-13-30-12-17/h2-9,11-13H,10H2,1H3,(H,32,35)(H,31,33,34). The summed E-state index contributed by atoms with van der Waals surface area (Å²) in [6.45, 7) is 1.86. The number of aromatic nitrogens is 4. The van der Waals surface area contributed by atoms with Crippen molar-refractivity contribution in [2.45, 2.75) is 18.4 Å². The van der Waals surface area contributed by atoms with Gasteiger partial charge in [-0.25, -0.2) is 19.9 Å². The molecule has 2 aromatic heterocycles. The van der Waals surface area contributed by atoms with Gasteiger partial charge in [0.2, 0.25) is 5.95 Å². The quantitative estimate of drug-likeness (QED) is 0.284. The van der Waals surface area contributed by atoms with E-state index in [9.17, 15) is 18.0 Å². The van der Waals surface area contributed by atoms with E-state index in [1.807, 2.05) is 6.92 Å². The van der Waals surface area contributed by atoms with Gasteiger partial charge in [-0.2, -0.15) is 13.2 Å². The van der Waals surface area contributed by atoms with Crippen molar-refractivity contribution in [1.82, 2.24) is 19.9 Å². The maximum atomic E-state index is 13.4. The van der Waals surface area contributed by atoms with Crippen LogP contribution in [0, 0.1) is 6.92 Å². The molecule has 7 nitrogen and oxygen atoms in total. The lowest BCUT2D eigenvalue weighted by Crippen LogP contribution is -2.15. The fraction of sp³-hybridized carbons (Fsp3) is 0.125. The Hall–Kier alpha value is -3.86. The number of hydrogen-bond donors (Lipinski definition) is 2. The van der Waals surface area contributed by atoms with Crippen LogP contribution < -0.4 is 10.6 Å². The van der Waals surface area contributed by atoms with Crippen molar-refractivity contribution < 1.29 is 18.0 Å². The molecule has 178 valence electrons. The Morgan fingerprint density at radius 2 is 1.83 bits per heavy atom. The Balaban J connectivity index is 1.55. The van der Waals surface area contributed by atoms with E-state index in [1.54, 1.807) is 42.9 Å². The third-order valence-corrected chi connectivity index (χ3v) is 5.68. The summed E-state index contributed by atoms with van der Waals surface area (Å²) in [6.07, 6.45) is 1.71. The minimum absolute atomic E-state index is 0.0251. The van der Waals surface area contributed by atoms with E-state index in [1.165, 1.54) is 18.5 Å². The molecule has 0 saturated heterocycles. The zero-order valence-corrected chi connectivity index (χ0v) is 19.9. The third kappa shape index (κ3) is 5.80. The lowest BCUT2D eigenvalue weighted by Gasteiger charge is -2.14. The number of carbonyl (C=O) groups is 1. The molecular weight excluding hydrogens is 525 g/mol. The number of carbonyl (C=O) groups excluding carboxylic acids is 1. The third-order valence-electron chi connectivity index (χ3n) is 5.08. The van der Waals surface area contributed by atoms with E-state index in [2.05, 4.69) is 46.5 Å². The molecule has 1 amide bonds. The molecule has 0 bridgehead atoms. The van der Waals surface area contributed by atoms with E-state index in [0.29, 0.717) is 23.0 Å². The van der Waals surface area contributed by atoms with Crippen molar-refractivity contribution in [2.24, 2.45) is 0 Å². The van der Waals surface area contributed by atoms with Gasteiger partial charge in [-0.05, 0) is 48.4 Å². The highest BCUT2D eigenvalue weighted by Gasteiger charge is 2.33. The van der Waals surface area contributed by atoms with E-state index in [4.69, 9.17) is 0 Å². The molecule has 0 fully saturated rings. The fourth-order valence-corrected chi connectivity index (χ4v) is 3.76. The number of hydrogen-bond acceptors (Lipinski definition) is 6. The monoisotopic (exact) mass is 542 g/mol. The van der Waals surface area contributed by atoms with Gasteiger partial charge in [-0.1, -0.05) is 28.1 Å². The summed E-state index contributed by atoms with van der Waals surface area (Å²) in [5.74, 6) is -0.341. The predicted octanol–water partition coefficient (Wildman–Crippen LogP) is 6.15. The first-order valence-corrected chi connectivity index (χ1v) is 11.4. The van der Waals surface area contributed by atoms with Crippen molar-refractivity contribution in [2.75, 3.05) is 10.6 Å². The zero-order chi connectivity index (χ0) is 25.0. The van der Waals surface area contributed by atoms with Crippen molar-refractivity contribution in [3.63, 3.8) is 0 Å². The van der Waals surface area contributed by atoms with Gasteiger partial charge >= 0.3 is 6.18 Å². The fourth-order valence-electron chi connectivity index (χ4n) is 3.27. The van der Waals surface area contributed by atoms with Gasteiger partial charge in [0, 0.05) is 46.4 Å². The van der Waals surface area contributed by atoms with Gasteiger partial charge in [0.05, 0.1) is 11.3 Å². The average Bonchev–Trinajstić information content (AvgIpc) is 2.86. The number of alkyl halides is 4. The molecule has 0 aliphatic carbocycles. The number of rotatable bonds is 6. The van der Waals surface area contributed by atoms with Gasteiger partial charge in [0.15, 0.2) is 0 Å². The molecule has 4 aromatic rings. The summed E-state index contributed by atoms with van der Waals surface area (Å²) in [5, 5.41) is 5.79. The summed E-state index contributed by atoms with van der Waals surface area (Å²) < 4.78 is 40.1. The Morgan fingerprint density at radius 3 is 2.54 bits per heavy atom. The van der Waals surface area contributed by atoms with Crippen LogP contribution in [0.1, 0.15) is 27.0 Å². The highest BCUT2D eigenvalue weighted by Crippen LogP contribution is 2.34. The second-order valence-electron chi connectivity index (χ2n) is 7.50. The smallest absolute Gasteiger partial charge is 0.324 e. The van der Waals surface area contributed by atoms with E-state index in [0.717, 1.165) is 17.2 Å². The largest absolute Gasteiger partial charge is 0.416 e. The molecule has 2 heterocycles. The first-order valence-electron chi connectivity index (χ1n) is 10.3. The van der Waals surface area contributed by atoms with Crippen LogP contribution in [0.2, 0.25) is 0 Å². The summed E-state index contributed by atoms with van der Waals surface area (Å²) in [7, 11) is 0. The topological polar surface area (TPSA) is 92.7 Å². The number of nitrogens with one attached hydrogen (secondary N) is 2. The minimum atomic E-state index is -4.57. The molecule has 0 atom stereocenters. The molecule has 35 heavy (non-hydrogen) atoms. The van der Waals surface area contributed by atoms with E-state index < -0.39 is 17.6 Å². The summed E-state index contributed by atoms with van der Waals surface area (Å²) in [4.78, 5) is 29.4. The summed E-state index contributed by atoms with van der Waals surface area (Å²) in [6, 6.07) is 10.3. The van der Waals surface area contributed by atoms with Crippen LogP contribution >= 0.6 is 15.9 Å². The summed E-state index contributed by atoms with van der Waals surface area (Å²) in [5.41, 5.74) is 2.31. The van der Waals surface area contributed by atoms with Crippen LogP contribution in [0.4, 0.5) is 30.5 Å². The predicted molar refractivity (Wildman–Crippen MR) is 130 cm³/mol. The number of halogens is 4. The second kappa shape index (κ2) is 10.2. The number of benzene rings is 2. The number of nitrogens with zero attached hydrogens (tertiary/aromatic N) is 4. The lowest BCUT2D eigenvalue weighted by molar-refractivity contribution is -0.138. The molecule has 2 aromatic carbocycles. The molecule has 0 saturated carbocycles. The maximum absolute atomic E-state index is 13.4. The van der Waals surface area contributed by atoms with Crippen LogP contribution in [0.25, 0.3) is 11.3 Å². The SMILES string of the molecule is Cc1ccc(NC(=O)c2ccc(CBr)c(C(F)(F)F)c2)cc1Nc1nccc(-c2cncnc2)n1. The molecule has 2 N–H and O–H groups in total. The highest BCUT2D eigenvalue weighted by atomic mass is 79.9. The normalized spacial score (nSPS) is 11.2. The van der Waals surface area contributed by atoms with Crippen molar-refractivity contribution in [3.05, 3.63) is 89.6 Å². The van der Waals surface area contributed by atoms with E-state index >= 15 is 0 Å². The van der Waals surface area contributed by atoms with Crippen LogP contribution in [0.15, 0.2) is 67.4 Å². The molecule has 0 spiro atoms. The molecule has 4 rings (SSSR count). The first kappa shape index (κ1) is 24.3. The molecule has 11 heteroatoms. The highest BCUT2D eigenvalue weighted by molar-refractivity contribution is 9.08. The van der Waals surface area contributed by atoms with Crippen molar-refractivity contribution >= 4 is 39.2 Å². The van der Waals surface area contributed by atoms with Crippen LogP contribution in [0.3, 0.4) is 0 Å². The van der Waals surface area contributed by atoms with Crippen LogP contribution in [-0.2, 0) is 11.5 Å². The average molecular weight is 543 g/mol. The van der Waals surface area contributed by atoms with Crippen LogP contribution in [0.5, 0.6) is 0 Å². The molecule has 0 radical (unpaired) electrons. The minimum Gasteiger partial charge on any atom is -0.324 e.